The Morgan fingerprint density at radius 1 is 0.857 bits per heavy atom. The smallest absolute Gasteiger partial charge is 0.0166 e. The predicted molar refractivity (Wildman–Crippen MR) is 122 cm³/mol. The number of hydrogen-bond donors (Lipinski definition) is 0. The molecule has 7 atom stereocenters. The molecular weight excluding hydrogens is 336 g/mol. The monoisotopic (exact) mass is 384 g/mol. The van der Waals surface area contributed by atoms with Crippen LogP contribution >= 0.6 is 0 Å². The van der Waals surface area contributed by atoms with Crippen LogP contribution < -0.4 is 0 Å². The van der Waals surface area contributed by atoms with Crippen LogP contribution in [-0.2, 0) is 0 Å². The van der Waals surface area contributed by atoms with Crippen molar-refractivity contribution in [3.8, 4) is 0 Å². The van der Waals surface area contributed by atoms with E-state index < -0.39 is 0 Å². The Labute approximate surface area is 176 Å². The summed E-state index contributed by atoms with van der Waals surface area (Å²) in [7, 11) is 0. The van der Waals surface area contributed by atoms with Crippen LogP contribution in [0.4, 0.5) is 0 Å². The second-order valence-corrected chi connectivity index (χ2v) is 11.1. The van der Waals surface area contributed by atoms with E-state index >= 15 is 0 Å². The Bertz CT molecular complexity index is 557. The number of fused-ring (bicyclic) bond motifs is 5. The van der Waals surface area contributed by atoms with Crippen LogP contribution in [0.5, 0.6) is 0 Å². The molecule has 2 bridgehead atoms. The molecule has 5 aliphatic rings. The molecule has 7 unspecified atom stereocenters. The quantitative estimate of drug-likeness (QED) is 0.401. The van der Waals surface area contributed by atoms with E-state index in [4.69, 9.17) is 0 Å². The largest absolute Gasteiger partial charge is 0.0701 e. The molecule has 0 aromatic heterocycles. The summed E-state index contributed by atoms with van der Waals surface area (Å²) in [6.45, 7) is 11.5. The van der Waals surface area contributed by atoms with Gasteiger partial charge in [0.15, 0.2) is 0 Å². The molecule has 0 nitrogen and oxygen atoms in total. The minimum absolute atomic E-state index is 0.706. The standard InChI is InChI=1S/C26H42.C2H6/c1-4-17-13-18(5-2)25-22-15-20(24(17)25)14-21(22)23(19-9-10-19)16-26(6-3)11-7-8-12-26;1-2/h17-18,20-22,24-25H,4-16H2,1-3H3;1-2H3. The molecule has 0 aromatic rings. The van der Waals surface area contributed by atoms with E-state index in [1.807, 2.05) is 19.4 Å². The van der Waals surface area contributed by atoms with Gasteiger partial charge >= 0.3 is 0 Å². The Hall–Kier alpha value is -0.260. The second kappa shape index (κ2) is 8.47. The lowest BCUT2D eigenvalue weighted by Gasteiger charge is -2.39. The summed E-state index contributed by atoms with van der Waals surface area (Å²) >= 11 is 0. The summed E-state index contributed by atoms with van der Waals surface area (Å²) in [6, 6.07) is 0. The summed E-state index contributed by atoms with van der Waals surface area (Å²) < 4.78 is 0. The van der Waals surface area contributed by atoms with E-state index in [1.165, 1.54) is 64.2 Å². The van der Waals surface area contributed by atoms with Crippen LogP contribution in [0, 0.1) is 46.8 Å². The zero-order valence-corrected chi connectivity index (χ0v) is 19.7. The molecule has 0 aliphatic heterocycles. The van der Waals surface area contributed by atoms with Gasteiger partial charge in [-0.15, -0.1) is 0 Å². The lowest BCUT2D eigenvalue weighted by atomic mass is 9.65. The molecule has 0 saturated heterocycles. The van der Waals surface area contributed by atoms with Crippen molar-refractivity contribution in [2.45, 2.75) is 118 Å². The number of hydrogen-bond acceptors (Lipinski definition) is 0. The zero-order valence-electron chi connectivity index (χ0n) is 19.7. The second-order valence-electron chi connectivity index (χ2n) is 11.1. The first-order chi connectivity index (χ1) is 13.7. The summed E-state index contributed by atoms with van der Waals surface area (Å²) in [5.74, 6) is 7.60. The van der Waals surface area contributed by atoms with Crippen LogP contribution in [0.25, 0.3) is 0 Å². The molecule has 0 amide bonds. The Balaban J connectivity index is 0.000000932. The van der Waals surface area contributed by atoms with Gasteiger partial charge in [-0.3, -0.25) is 0 Å². The molecule has 0 heteroatoms. The molecule has 28 heavy (non-hydrogen) atoms. The van der Waals surface area contributed by atoms with Gasteiger partial charge in [-0.25, -0.2) is 0 Å². The minimum atomic E-state index is 0.706. The third kappa shape index (κ3) is 3.43. The lowest BCUT2D eigenvalue weighted by Crippen LogP contribution is -2.32. The minimum Gasteiger partial charge on any atom is -0.0701 e. The van der Waals surface area contributed by atoms with E-state index in [0.29, 0.717) is 5.41 Å². The molecule has 0 heterocycles. The Morgan fingerprint density at radius 2 is 1.50 bits per heavy atom. The van der Waals surface area contributed by atoms with Gasteiger partial charge in [0.05, 0.1) is 0 Å². The van der Waals surface area contributed by atoms with Crippen molar-refractivity contribution in [1.82, 2.24) is 0 Å². The first-order valence-electron chi connectivity index (χ1n) is 13.4. The highest BCUT2D eigenvalue weighted by atomic mass is 14.6. The first-order valence-corrected chi connectivity index (χ1v) is 13.4. The van der Waals surface area contributed by atoms with Gasteiger partial charge in [-0.05, 0) is 98.2 Å². The van der Waals surface area contributed by atoms with Crippen LogP contribution in [-0.4, -0.2) is 0 Å². The zero-order chi connectivity index (χ0) is 19.9. The normalized spacial score (nSPS) is 42.3. The summed E-state index contributed by atoms with van der Waals surface area (Å²) in [5.41, 5.74) is 4.70. The number of rotatable bonds is 6. The molecule has 0 spiro atoms. The maximum atomic E-state index is 2.49. The fraction of sp³-hybridized carbons (Fsp3) is 0.929. The molecule has 5 fully saturated rings. The van der Waals surface area contributed by atoms with Crippen molar-refractivity contribution in [3.05, 3.63) is 11.1 Å². The maximum absolute atomic E-state index is 2.49. The van der Waals surface area contributed by atoms with Gasteiger partial charge < -0.3 is 0 Å². The van der Waals surface area contributed by atoms with Crippen LogP contribution in [0.3, 0.4) is 0 Å². The van der Waals surface area contributed by atoms with Gasteiger partial charge in [0.2, 0.25) is 0 Å². The van der Waals surface area contributed by atoms with E-state index in [9.17, 15) is 0 Å². The number of allylic oxidation sites excluding steroid dienone is 2. The van der Waals surface area contributed by atoms with Gasteiger partial charge in [0, 0.05) is 0 Å². The third-order valence-corrected chi connectivity index (χ3v) is 10.3. The van der Waals surface area contributed by atoms with Gasteiger partial charge in [-0.2, -0.15) is 0 Å². The molecular formula is C28H48. The SMILES string of the molecule is CC.CCC1CC(CC)C2C3CC(CC3C(CC3(CC)CCCC3)=C3CC3)C12. The van der Waals surface area contributed by atoms with Crippen molar-refractivity contribution < 1.29 is 0 Å². The average molecular weight is 385 g/mol. The highest BCUT2D eigenvalue weighted by Crippen LogP contribution is 2.68. The fourth-order valence-electron chi connectivity index (χ4n) is 8.88. The van der Waals surface area contributed by atoms with Gasteiger partial charge in [0.1, 0.15) is 0 Å². The highest BCUT2D eigenvalue weighted by molar-refractivity contribution is 5.31. The summed E-state index contributed by atoms with van der Waals surface area (Å²) in [6.07, 6.45) is 19.7. The topological polar surface area (TPSA) is 0 Å². The predicted octanol–water partition coefficient (Wildman–Crippen LogP) is 8.81. The van der Waals surface area contributed by atoms with E-state index in [-0.39, 0.29) is 0 Å². The average Bonchev–Trinajstić information content (AvgIpc) is 3.10. The molecule has 160 valence electrons. The molecule has 0 N–H and O–H groups in total. The van der Waals surface area contributed by atoms with Crippen molar-refractivity contribution in [1.29, 1.82) is 0 Å². The van der Waals surface area contributed by atoms with E-state index in [2.05, 4.69) is 26.3 Å². The molecule has 5 aliphatic carbocycles. The summed E-state index contributed by atoms with van der Waals surface area (Å²) in [4.78, 5) is 0. The Kier molecular flexibility index (Phi) is 6.35. The van der Waals surface area contributed by atoms with Gasteiger partial charge in [-0.1, -0.05) is 77.9 Å². The van der Waals surface area contributed by atoms with E-state index in [1.54, 1.807) is 19.3 Å². The van der Waals surface area contributed by atoms with Crippen molar-refractivity contribution in [2.24, 2.45) is 46.8 Å². The van der Waals surface area contributed by atoms with Crippen molar-refractivity contribution in [3.63, 3.8) is 0 Å². The molecule has 0 radical (unpaired) electrons. The molecule has 5 rings (SSSR count). The van der Waals surface area contributed by atoms with Crippen LogP contribution in [0.15, 0.2) is 11.1 Å². The van der Waals surface area contributed by atoms with Crippen LogP contribution in [0.2, 0.25) is 0 Å². The van der Waals surface area contributed by atoms with Crippen molar-refractivity contribution in [2.75, 3.05) is 0 Å². The summed E-state index contributed by atoms with van der Waals surface area (Å²) in [5, 5.41) is 0. The maximum Gasteiger partial charge on any atom is -0.0166 e. The van der Waals surface area contributed by atoms with Crippen LogP contribution in [0.1, 0.15) is 118 Å². The highest BCUT2D eigenvalue weighted by Gasteiger charge is 2.60. The fourth-order valence-corrected chi connectivity index (χ4v) is 8.88. The molecule has 5 saturated carbocycles. The third-order valence-electron chi connectivity index (χ3n) is 10.3. The van der Waals surface area contributed by atoms with Gasteiger partial charge in [0.25, 0.3) is 0 Å². The van der Waals surface area contributed by atoms with Crippen molar-refractivity contribution >= 4 is 0 Å². The lowest BCUT2D eigenvalue weighted by molar-refractivity contribution is 0.141. The molecule has 0 aromatic carbocycles. The van der Waals surface area contributed by atoms with E-state index in [0.717, 1.165) is 41.4 Å². The first kappa shape index (κ1) is 21.0. The Morgan fingerprint density at radius 3 is 2.07 bits per heavy atom.